The van der Waals surface area contributed by atoms with E-state index in [0.29, 0.717) is 0 Å². The molecule has 0 aliphatic rings. The second-order valence-electron chi connectivity index (χ2n) is 4.91. The van der Waals surface area contributed by atoms with Crippen molar-refractivity contribution in [3.8, 4) is 0 Å². The van der Waals surface area contributed by atoms with Gasteiger partial charge in [0.05, 0.1) is 11.3 Å². The molecule has 24 heavy (non-hydrogen) atoms. The fraction of sp³-hybridized carbons (Fsp3) is 0.176. The number of ether oxygens (including phenoxy) is 1. The standard InChI is InChI=1S/C17H13BrF2O3S/c1-10-6-11(18)2-5-16(10)24-9-17(22)23-8-15(21)13-7-12(19)3-4-14(13)20/h2-7H,8-9H2,1H3. The van der Waals surface area contributed by atoms with Gasteiger partial charge < -0.3 is 4.74 Å². The van der Waals surface area contributed by atoms with Gasteiger partial charge in [0, 0.05) is 9.37 Å². The third-order valence-corrected chi connectivity index (χ3v) is 4.72. The van der Waals surface area contributed by atoms with Gasteiger partial charge in [0.25, 0.3) is 0 Å². The maximum absolute atomic E-state index is 13.5. The van der Waals surface area contributed by atoms with Crippen LogP contribution in [0.15, 0.2) is 45.8 Å². The molecule has 0 aliphatic heterocycles. The molecule has 0 amide bonds. The van der Waals surface area contributed by atoms with Crippen LogP contribution in [0.4, 0.5) is 8.78 Å². The number of esters is 1. The van der Waals surface area contributed by atoms with Crippen LogP contribution in [-0.4, -0.2) is 24.1 Å². The van der Waals surface area contributed by atoms with Gasteiger partial charge in [-0.15, -0.1) is 11.8 Å². The number of hydrogen-bond acceptors (Lipinski definition) is 4. The van der Waals surface area contributed by atoms with E-state index in [2.05, 4.69) is 15.9 Å². The monoisotopic (exact) mass is 414 g/mol. The Kier molecular flexibility index (Phi) is 6.51. The molecular weight excluding hydrogens is 402 g/mol. The molecule has 0 radical (unpaired) electrons. The molecule has 2 rings (SSSR count). The van der Waals surface area contributed by atoms with E-state index in [-0.39, 0.29) is 5.75 Å². The number of Topliss-reactive ketones (excluding diaryl/α,β-unsaturated/α-hetero) is 1. The van der Waals surface area contributed by atoms with E-state index in [9.17, 15) is 18.4 Å². The number of carbonyl (C=O) groups excluding carboxylic acids is 2. The molecule has 0 fully saturated rings. The molecule has 0 saturated carbocycles. The van der Waals surface area contributed by atoms with Gasteiger partial charge in [-0.05, 0) is 48.9 Å². The van der Waals surface area contributed by atoms with Crippen LogP contribution in [0.1, 0.15) is 15.9 Å². The molecule has 3 nitrogen and oxygen atoms in total. The van der Waals surface area contributed by atoms with Crippen LogP contribution in [0.2, 0.25) is 0 Å². The normalized spacial score (nSPS) is 10.5. The van der Waals surface area contributed by atoms with Crippen LogP contribution >= 0.6 is 27.7 Å². The average molecular weight is 415 g/mol. The molecule has 0 heterocycles. The fourth-order valence-corrected chi connectivity index (χ4v) is 3.17. The summed E-state index contributed by atoms with van der Waals surface area (Å²) in [4.78, 5) is 24.4. The lowest BCUT2D eigenvalue weighted by atomic mass is 10.1. The summed E-state index contributed by atoms with van der Waals surface area (Å²) in [5.41, 5.74) is 0.569. The zero-order valence-electron chi connectivity index (χ0n) is 12.6. The average Bonchev–Trinajstić information content (AvgIpc) is 2.54. The van der Waals surface area contributed by atoms with Crippen molar-refractivity contribution in [2.75, 3.05) is 12.4 Å². The number of ketones is 1. The van der Waals surface area contributed by atoms with E-state index in [1.165, 1.54) is 11.8 Å². The Hall–Kier alpha value is -1.73. The van der Waals surface area contributed by atoms with Crippen molar-refractivity contribution < 1.29 is 23.1 Å². The minimum Gasteiger partial charge on any atom is -0.457 e. The van der Waals surface area contributed by atoms with E-state index in [4.69, 9.17) is 4.74 Å². The Bertz CT molecular complexity index is 780. The van der Waals surface area contributed by atoms with Gasteiger partial charge in [0.1, 0.15) is 11.6 Å². The maximum atomic E-state index is 13.5. The van der Waals surface area contributed by atoms with Gasteiger partial charge in [-0.25, -0.2) is 8.78 Å². The lowest BCUT2D eigenvalue weighted by Gasteiger charge is -2.07. The summed E-state index contributed by atoms with van der Waals surface area (Å²) in [6, 6.07) is 8.20. The highest BCUT2D eigenvalue weighted by atomic mass is 79.9. The largest absolute Gasteiger partial charge is 0.457 e. The Morgan fingerprint density at radius 3 is 2.62 bits per heavy atom. The van der Waals surface area contributed by atoms with Crippen molar-refractivity contribution in [1.29, 1.82) is 0 Å². The Morgan fingerprint density at radius 2 is 1.92 bits per heavy atom. The van der Waals surface area contributed by atoms with Crippen LogP contribution < -0.4 is 0 Å². The summed E-state index contributed by atoms with van der Waals surface area (Å²) in [5.74, 6) is -2.95. The van der Waals surface area contributed by atoms with Crippen molar-refractivity contribution in [1.82, 2.24) is 0 Å². The van der Waals surface area contributed by atoms with Gasteiger partial charge in [-0.3, -0.25) is 9.59 Å². The first-order chi connectivity index (χ1) is 11.4. The van der Waals surface area contributed by atoms with Gasteiger partial charge in [0.2, 0.25) is 5.78 Å². The van der Waals surface area contributed by atoms with Crippen molar-refractivity contribution in [3.63, 3.8) is 0 Å². The molecule has 0 unspecified atom stereocenters. The van der Waals surface area contributed by atoms with Crippen LogP contribution in [0.5, 0.6) is 0 Å². The quantitative estimate of drug-likeness (QED) is 0.395. The lowest BCUT2D eigenvalue weighted by molar-refractivity contribution is -0.139. The second-order valence-corrected chi connectivity index (χ2v) is 6.84. The molecule has 7 heteroatoms. The van der Waals surface area contributed by atoms with Crippen LogP contribution in [0.3, 0.4) is 0 Å². The summed E-state index contributed by atoms with van der Waals surface area (Å²) < 4.78 is 32.3. The third-order valence-electron chi connectivity index (χ3n) is 3.08. The molecule has 0 aliphatic carbocycles. The Morgan fingerprint density at radius 1 is 1.17 bits per heavy atom. The zero-order valence-corrected chi connectivity index (χ0v) is 15.0. The highest BCUT2D eigenvalue weighted by Crippen LogP contribution is 2.25. The number of hydrogen-bond donors (Lipinski definition) is 0. The van der Waals surface area contributed by atoms with Gasteiger partial charge in [-0.1, -0.05) is 15.9 Å². The fourth-order valence-electron chi connectivity index (χ4n) is 1.89. The minimum absolute atomic E-state index is 0.0153. The van der Waals surface area contributed by atoms with Crippen LogP contribution in [0, 0.1) is 18.6 Å². The second kappa shape index (κ2) is 8.39. The van der Waals surface area contributed by atoms with Crippen LogP contribution in [0.25, 0.3) is 0 Å². The first-order valence-electron chi connectivity index (χ1n) is 6.89. The number of thioether (sulfide) groups is 1. The molecule has 2 aromatic carbocycles. The van der Waals surface area contributed by atoms with Gasteiger partial charge in [0.15, 0.2) is 6.61 Å². The third kappa shape index (κ3) is 5.14. The molecule has 0 aromatic heterocycles. The molecule has 0 N–H and O–H groups in total. The first-order valence-corrected chi connectivity index (χ1v) is 8.67. The summed E-state index contributed by atoms with van der Waals surface area (Å²) in [5, 5.41) is 0. The van der Waals surface area contributed by atoms with E-state index < -0.39 is 35.6 Å². The predicted molar refractivity (Wildman–Crippen MR) is 91.3 cm³/mol. The predicted octanol–water partition coefficient (Wildman–Crippen LogP) is 4.55. The van der Waals surface area contributed by atoms with Crippen molar-refractivity contribution >= 4 is 39.4 Å². The number of aryl methyl sites for hydroxylation is 1. The molecule has 126 valence electrons. The summed E-state index contributed by atoms with van der Waals surface area (Å²) in [6.07, 6.45) is 0. The topological polar surface area (TPSA) is 43.4 Å². The minimum atomic E-state index is -0.850. The van der Waals surface area contributed by atoms with Crippen molar-refractivity contribution in [2.24, 2.45) is 0 Å². The van der Waals surface area contributed by atoms with E-state index in [1.54, 1.807) is 0 Å². The van der Waals surface area contributed by atoms with Crippen LogP contribution in [-0.2, 0) is 9.53 Å². The molecule has 0 spiro atoms. The van der Waals surface area contributed by atoms with Gasteiger partial charge >= 0.3 is 5.97 Å². The smallest absolute Gasteiger partial charge is 0.316 e. The molecule has 2 aromatic rings. The number of carbonyl (C=O) groups is 2. The molecular formula is C17H13BrF2O3S. The molecule has 0 bridgehead atoms. The summed E-state index contributed by atoms with van der Waals surface area (Å²) in [7, 11) is 0. The zero-order chi connectivity index (χ0) is 17.7. The van der Waals surface area contributed by atoms with Crippen molar-refractivity contribution in [2.45, 2.75) is 11.8 Å². The number of benzene rings is 2. The Labute approximate surface area is 150 Å². The van der Waals surface area contributed by atoms with E-state index >= 15 is 0 Å². The first kappa shape index (κ1) is 18.6. The highest BCUT2D eigenvalue weighted by Gasteiger charge is 2.15. The van der Waals surface area contributed by atoms with Crippen molar-refractivity contribution in [3.05, 3.63) is 63.6 Å². The SMILES string of the molecule is Cc1cc(Br)ccc1SCC(=O)OCC(=O)c1cc(F)ccc1F. The maximum Gasteiger partial charge on any atom is 0.316 e. The van der Waals surface area contributed by atoms with Gasteiger partial charge in [-0.2, -0.15) is 0 Å². The summed E-state index contributed by atoms with van der Waals surface area (Å²) in [6.45, 7) is 1.29. The number of halogens is 3. The highest BCUT2D eigenvalue weighted by molar-refractivity contribution is 9.10. The Balaban J connectivity index is 1.86. The number of rotatable bonds is 6. The van der Waals surface area contributed by atoms with E-state index in [1.807, 2.05) is 25.1 Å². The molecule has 0 atom stereocenters. The lowest BCUT2D eigenvalue weighted by Crippen LogP contribution is -2.16. The van der Waals surface area contributed by atoms with E-state index in [0.717, 1.165) is 33.1 Å². The summed E-state index contributed by atoms with van der Waals surface area (Å²) >= 11 is 4.63. The molecule has 0 saturated heterocycles.